The molecule has 1 N–H and O–H groups in total. The van der Waals surface area contributed by atoms with Crippen molar-refractivity contribution in [3.05, 3.63) is 29.8 Å². The lowest BCUT2D eigenvalue weighted by Gasteiger charge is -2.42. The SMILES string of the molecule is CC1(C)CCSCC1NC1CCOc2ccccc21. The maximum atomic E-state index is 5.75. The van der Waals surface area contributed by atoms with Gasteiger partial charge in [-0.25, -0.2) is 0 Å². The molecule has 1 saturated heterocycles. The molecule has 2 aliphatic rings. The van der Waals surface area contributed by atoms with E-state index in [-0.39, 0.29) is 0 Å². The van der Waals surface area contributed by atoms with Crippen molar-refractivity contribution in [1.82, 2.24) is 5.32 Å². The van der Waals surface area contributed by atoms with Gasteiger partial charge < -0.3 is 10.1 Å². The van der Waals surface area contributed by atoms with Crippen LogP contribution in [0.25, 0.3) is 0 Å². The van der Waals surface area contributed by atoms with E-state index in [1.54, 1.807) is 0 Å². The molecule has 3 rings (SSSR count). The normalized spacial score (nSPS) is 29.4. The maximum absolute atomic E-state index is 5.75. The first-order chi connectivity index (χ1) is 9.17. The van der Waals surface area contributed by atoms with Crippen molar-refractivity contribution in [3.8, 4) is 5.75 Å². The zero-order valence-corrected chi connectivity index (χ0v) is 12.6. The highest BCUT2D eigenvalue weighted by Crippen LogP contribution is 2.38. The van der Waals surface area contributed by atoms with Crippen LogP contribution in [0, 0.1) is 5.41 Å². The highest BCUT2D eigenvalue weighted by Gasteiger charge is 2.35. The summed E-state index contributed by atoms with van der Waals surface area (Å²) in [6.07, 6.45) is 2.38. The number of fused-ring (bicyclic) bond motifs is 1. The lowest BCUT2D eigenvalue weighted by atomic mass is 9.81. The van der Waals surface area contributed by atoms with Gasteiger partial charge in [0.2, 0.25) is 0 Å². The lowest BCUT2D eigenvalue weighted by molar-refractivity contribution is 0.194. The molecule has 2 heterocycles. The highest BCUT2D eigenvalue weighted by molar-refractivity contribution is 7.99. The van der Waals surface area contributed by atoms with Crippen LogP contribution in [0.15, 0.2) is 24.3 Å². The number of thioether (sulfide) groups is 1. The van der Waals surface area contributed by atoms with Gasteiger partial charge in [0.15, 0.2) is 0 Å². The third-order valence-electron chi connectivity index (χ3n) is 4.48. The van der Waals surface area contributed by atoms with Crippen molar-refractivity contribution < 1.29 is 4.74 Å². The van der Waals surface area contributed by atoms with Gasteiger partial charge in [-0.2, -0.15) is 11.8 Å². The quantitative estimate of drug-likeness (QED) is 0.892. The first-order valence-electron chi connectivity index (χ1n) is 7.22. The van der Waals surface area contributed by atoms with E-state index in [4.69, 9.17) is 4.74 Å². The van der Waals surface area contributed by atoms with E-state index < -0.39 is 0 Å². The maximum Gasteiger partial charge on any atom is 0.124 e. The molecule has 0 aliphatic carbocycles. The zero-order chi connectivity index (χ0) is 13.3. The molecule has 1 aromatic carbocycles. The van der Waals surface area contributed by atoms with E-state index in [0.717, 1.165) is 18.8 Å². The van der Waals surface area contributed by atoms with Crippen LogP contribution in [0.5, 0.6) is 5.75 Å². The topological polar surface area (TPSA) is 21.3 Å². The predicted molar refractivity (Wildman–Crippen MR) is 81.9 cm³/mol. The van der Waals surface area contributed by atoms with E-state index in [0.29, 0.717) is 17.5 Å². The van der Waals surface area contributed by atoms with Gasteiger partial charge in [0.05, 0.1) is 6.61 Å². The molecule has 0 saturated carbocycles. The summed E-state index contributed by atoms with van der Waals surface area (Å²) in [5, 5.41) is 3.90. The minimum atomic E-state index is 0.401. The Labute approximate surface area is 120 Å². The van der Waals surface area contributed by atoms with Crippen LogP contribution in [-0.2, 0) is 0 Å². The molecular weight excluding hydrogens is 254 g/mol. The Kier molecular flexibility index (Phi) is 3.77. The summed E-state index contributed by atoms with van der Waals surface area (Å²) in [4.78, 5) is 0. The van der Waals surface area contributed by atoms with E-state index >= 15 is 0 Å². The second kappa shape index (κ2) is 5.37. The fourth-order valence-corrected chi connectivity index (χ4v) is 4.59. The van der Waals surface area contributed by atoms with Crippen LogP contribution >= 0.6 is 11.8 Å². The number of rotatable bonds is 2. The van der Waals surface area contributed by atoms with Crippen LogP contribution < -0.4 is 10.1 Å². The molecule has 104 valence electrons. The van der Waals surface area contributed by atoms with Crippen LogP contribution in [0.2, 0.25) is 0 Å². The molecule has 1 fully saturated rings. The summed E-state index contributed by atoms with van der Waals surface area (Å²) in [5.41, 5.74) is 1.73. The Balaban J connectivity index is 1.77. The molecule has 2 aliphatic heterocycles. The zero-order valence-electron chi connectivity index (χ0n) is 11.8. The molecule has 0 amide bonds. The van der Waals surface area contributed by atoms with Crippen molar-refractivity contribution in [3.63, 3.8) is 0 Å². The molecule has 2 unspecified atom stereocenters. The van der Waals surface area contributed by atoms with Gasteiger partial charge in [0.1, 0.15) is 5.75 Å². The average molecular weight is 277 g/mol. The third kappa shape index (κ3) is 2.77. The molecule has 3 heteroatoms. The summed E-state index contributed by atoms with van der Waals surface area (Å²) in [5.74, 6) is 3.59. The molecular formula is C16H23NOS. The Bertz CT molecular complexity index is 446. The highest BCUT2D eigenvalue weighted by atomic mass is 32.2. The van der Waals surface area contributed by atoms with Gasteiger partial charge in [-0.3, -0.25) is 0 Å². The Hall–Kier alpha value is -0.670. The lowest BCUT2D eigenvalue weighted by Crippen LogP contribution is -2.48. The summed E-state index contributed by atoms with van der Waals surface area (Å²) in [6, 6.07) is 9.51. The second-order valence-electron chi connectivity index (χ2n) is 6.26. The van der Waals surface area contributed by atoms with Gasteiger partial charge >= 0.3 is 0 Å². The van der Waals surface area contributed by atoms with Gasteiger partial charge in [-0.05, 0) is 23.7 Å². The minimum absolute atomic E-state index is 0.401. The molecule has 0 spiro atoms. The first kappa shape index (κ1) is 13.3. The fourth-order valence-electron chi connectivity index (χ4n) is 2.97. The van der Waals surface area contributed by atoms with Crippen molar-refractivity contribution in [2.24, 2.45) is 5.41 Å². The fraction of sp³-hybridized carbons (Fsp3) is 0.625. The Morgan fingerprint density at radius 3 is 3.00 bits per heavy atom. The first-order valence-corrected chi connectivity index (χ1v) is 8.38. The molecule has 1 aromatic rings. The molecule has 0 bridgehead atoms. The minimum Gasteiger partial charge on any atom is -0.493 e. The van der Waals surface area contributed by atoms with Gasteiger partial charge in [-0.15, -0.1) is 0 Å². The van der Waals surface area contributed by atoms with Gasteiger partial charge in [-0.1, -0.05) is 32.0 Å². The number of ether oxygens (including phenoxy) is 1. The van der Waals surface area contributed by atoms with E-state index in [2.05, 4.69) is 55.2 Å². The molecule has 0 aromatic heterocycles. The number of hydrogen-bond donors (Lipinski definition) is 1. The number of benzene rings is 1. The molecule has 2 nitrogen and oxygen atoms in total. The van der Waals surface area contributed by atoms with E-state index in [1.807, 2.05) is 0 Å². The van der Waals surface area contributed by atoms with Crippen LogP contribution in [0.3, 0.4) is 0 Å². The Morgan fingerprint density at radius 1 is 1.32 bits per heavy atom. The standard InChI is InChI=1S/C16H23NOS/c1-16(2)8-10-19-11-15(16)17-13-7-9-18-14-6-4-3-5-12(13)14/h3-6,13,15,17H,7-11H2,1-2H3. The smallest absolute Gasteiger partial charge is 0.124 e. The van der Waals surface area contributed by atoms with Crippen molar-refractivity contribution in [1.29, 1.82) is 0 Å². The van der Waals surface area contributed by atoms with E-state index in [9.17, 15) is 0 Å². The second-order valence-corrected chi connectivity index (χ2v) is 7.41. The largest absolute Gasteiger partial charge is 0.493 e. The van der Waals surface area contributed by atoms with Crippen molar-refractivity contribution in [2.75, 3.05) is 18.1 Å². The number of para-hydroxylation sites is 1. The van der Waals surface area contributed by atoms with E-state index in [1.165, 1.54) is 23.5 Å². The summed E-state index contributed by atoms with van der Waals surface area (Å²) in [6.45, 7) is 5.63. The summed E-state index contributed by atoms with van der Waals surface area (Å²) in [7, 11) is 0. The average Bonchev–Trinajstić information content (AvgIpc) is 2.41. The summed E-state index contributed by atoms with van der Waals surface area (Å²) >= 11 is 2.08. The number of hydrogen-bond acceptors (Lipinski definition) is 3. The predicted octanol–water partition coefficient (Wildman–Crippen LogP) is 3.63. The number of nitrogens with one attached hydrogen (secondary N) is 1. The van der Waals surface area contributed by atoms with Crippen LogP contribution in [0.1, 0.15) is 38.3 Å². The van der Waals surface area contributed by atoms with Gasteiger partial charge in [0, 0.05) is 29.8 Å². The monoisotopic (exact) mass is 277 g/mol. The van der Waals surface area contributed by atoms with Crippen molar-refractivity contribution >= 4 is 11.8 Å². The third-order valence-corrected chi connectivity index (χ3v) is 5.54. The van der Waals surface area contributed by atoms with Crippen molar-refractivity contribution in [2.45, 2.75) is 38.8 Å². The van der Waals surface area contributed by atoms with Crippen LogP contribution in [-0.4, -0.2) is 24.2 Å². The van der Waals surface area contributed by atoms with Gasteiger partial charge in [0.25, 0.3) is 0 Å². The molecule has 0 radical (unpaired) electrons. The summed E-state index contributed by atoms with van der Waals surface area (Å²) < 4.78 is 5.75. The molecule has 19 heavy (non-hydrogen) atoms. The Morgan fingerprint density at radius 2 is 2.16 bits per heavy atom. The van der Waals surface area contributed by atoms with Crippen LogP contribution in [0.4, 0.5) is 0 Å². The molecule has 2 atom stereocenters.